The molecule has 0 aliphatic carbocycles. The molecule has 8 nitrogen and oxygen atoms in total. The third-order valence-electron chi connectivity index (χ3n) is 6.01. The number of hydrogen-bond donors (Lipinski definition) is 1. The van der Waals surface area contributed by atoms with Gasteiger partial charge in [0.25, 0.3) is 0 Å². The van der Waals surface area contributed by atoms with Gasteiger partial charge in [0.1, 0.15) is 12.4 Å². The number of fused-ring (bicyclic) bond motifs is 1. The first kappa shape index (κ1) is 23.1. The molecule has 167 valence electrons. The summed E-state index contributed by atoms with van der Waals surface area (Å²) in [7, 11) is -1.04. The number of ketones is 1. The Labute approximate surface area is 183 Å². The average molecular weight is 447 g/mol. The zero-order valence-corrected chi connectivity index (χ0v) is 19.4. The Balaban J connectivity index is 2.00. The topological polar surface area (TPSA) is 110 Å². The van der Waals surface area contributed by atoms with Crippen molar-refractivity contribution in [2.75, 3.05) is 13.2 Å². The van der Waals surface area contributed by atoms with Gasteiger partial charge in [-0.05, 0) is 36.6 Å². The highest BCUT2D eigenvalue weighted by Crippen LogP contribution is 2.46. The average Bonchev–Trinajstić information content (AvgIpc) is 2.68. The van der Waals surface area contributed by atoms with Crippen molar-refractivity contribution in [2.45, 2.75) is 39.9 Å². The van der Waals surface area contributed by atoms with Gasteiger partial charge in [0.15, 0.2) is 5.78 Å². The molecule has 2 amide bonds. The molecule has 0 saturated carbocycles. The molecule has 0 spiro atoms. The number of carboxylic acid groups (broad SMARTS) is 1. The summed E-state index contributed by atoms with van der Waals surface area (Å²) < 4.78 is 11.7. The quantitative estimate of drug-likeness (QED) is 0.420. The first-order valence-corrected chi connectivity index (χ1v) is 12.6. The predicted molar refractivity (Wildman–Crippen MR) is 113 cm³/mol. The van der Waals surface area contributed by atoms with E-state index in [-0.39, 0.29) is 23.7 Å². The number of rotatable bonds is 5. The van der Waals surface area contributed by atoms with E-state index in [1.54, 1.807) is 24.3 Å². The highest BCUT2D eigenvalue weighted by molar-refractivity contribution is 6.48. The second-order valence-electron chi connectivity index (χ2n) is 9.30. The Morgan fingerprint density at radius 1 is 1.26 bits per heavy atom. The van der Waals surface area contributed by atoms with Gasteiger partial charge in [-0.2, -0.15) is 0 Å². The fourth-order valence-corrected chi connectivity index (χ4v) is 4.88. The van der Waals surface area contributed by atoms with Crippen molar-refractivity contribution in [3.05, 3.63) is 29.8 Å². The molecule has 2 aliphatic rings. The number of likely N-dealkylation sites (tertiary alicyclic amines) is 1. The van der Waals surface area contributed by atoms with Crippen molar-refractivity contribution >= 4 is 32.6 Å². The number of carboxylic acids is 1. The number of benzene rings is 1. The lowest BCUT2D eigenvalue weighted by Gasteiger charge is -2.53. The van der Waals surface area contributed by atoms with Crippen LogP contribution in [0.1, 0.15) is 31.1 Å². The molecule has 3 rings (SSSR count). The van der Waals surface area contributed by atoms with Crippen molar-refractivity contribution in [3.63, 3.8) is 0 Å². The van der Waals surface area contributed by atoms with Crippen LogP contribution in [0, 0.1) is 23.2 Å². The number of Topliss-reactive ketones (excluding diaryl/α,β-unsaturated/α-hetero) is 1. The molecular weight excluding hydrogens is 418 g/mol. The molecule has 2 heterocycles. The van der Waals surface area contributed by atoms with E-state index in [0.717, 1.165) is 4.90 Å². The maximum atomic E-state index is 13.3. The van der Waals surface area contributed by atoms with E-state index in [4.69, 9.17) is 9.16 Å². The molecule has 31 heavy (non-hydrogen) atoms. The number of imide groups is 1. The molecule has 1 fully saturated rings. The van der Waals surface area contributed by atoms with Gasteiger partial charge in [0.05, 0.1) is 23.4 Å². The Morgan fingerprint density at radius 2 is 1.90 bits per heavy atom. The van der Waals surface area contributed by atoms with Crippen LogP contribution in [0.5, 0.6) is 5.75 Å². The first-order valence-electron chi connectivity index (χ1n) is 10.2. The Bertz CT molecular complexity index is 907. The molecule has 0 aromatic heterocycles. The van der Waals surface area contributed by atoms with E-state index in [9.17, 15) is 24.3 Å². The minimum atomic E-state index is -1.72. The maximum Gasteiger partial charge on any atom is 0.395 e. The van der Waals surface area contributed by atoms with Crippen molar-refractivity contribution in [2.24, 2.45) is 23.2 Å². The van der Waals surface area contributed by atoms with Gasteiger partial charge in [0.2, 0.25) is 14.9 Å². The summed E-state index contributed by atoms with van der Waals surface area (Å²) in [6.07, 6.45) is 0. The largest absolute Gasteiger partial charge is 0.492 e. The fraction of sp³-hybridized carbons (Fsp3) is 0.545. The van der Waals surface area contributed by atoms with Crippen LogP contribution in [0.25, 0.3) is 0 Å². The zero-order chi connectivity index (χ0) is 23.1. The predicted octanol–water partition coefficient (Wildman–Crippen LogP) is 2.25. The minimum absolute atomic E-state index is 0.0258. The monoisotopic (exact) mass is 446 g/mol. The van der Waals surface area contributed by atoms with Gasteiger partial charge in [-0.1, -0.05) is 32.9 Å². The molecule has 4 atom stereocenters. The van der Waals surface area contributed by atoms with Gasteiger partial charge in [-0.15, -0.1) is 0 Å². The molecular formula is C22H28NO7Si. The van der Waals surface area contributed by atoms with Gasteiger partial charge >= 0.3 is 11.9 Å². The molecule has 1 aromatic carbocycles. The number of β-lactam (4-membered cyclic amide) rings is 1. The molecule has 9 heteroatoms. The van der Waals surface area contributed by atoms with Crippen LogP contribution >= 0.6 is 0 Å². The number of hydrogen-bond acceptors (Lipinski definition) is 6. The van der Waals surface area contributed by atoms with E-state index < -0.39 is 44.7 Å². The van der Waals surface area contributed by atoms with Gasteiger partial charge in [0, 0.05) is 6.61 Å². The Morgan fingerprint density at radius 3 is 2.48 bits per heavy atom. The van der Waals surface area contributed by atoms with E-state index in [1.807, 2.05) is 33.9 Å². The highest BCUT2D eigenvalue weighted by atomic mass is 28.3. The van der Waals surface area contributed by atoms with E-state index >= 15 is 0 Å². The molecule has 0 unspecified atom stereocenters. The zero-order valence-electron chi connectivity index (χ0n) is 18.4. The summed E-state index contributed by atoms with van der Waals surface area (Å²) in [4.78, 5) is 50.8. The second kappa shape index (κ2) is 8.55. The number of ether oxygens (including phenoxy) is 1. The minimum Gasteiger partial charge on any atom is -0.492 e. The summed E-state index contributed by atoms with van der Waals surface area (Å²) in [5.41, 5.74) is 0.000755. The van der Waals surface area contributed by atoms with E-state index in [2.05, 4.69) is 0 Å². The van der Waals surface area contributed by atoms with Crippen LogP contribution in [0.4, 0.5) is 0 Å². The van der Waals surface area contributed by atoms with Crippen LogP contribution in [0.2, 0.25) is 13.1 Å². The number of carbonyl (C=O) groups is 4. The lowest BCUT2D eigenvalue weighted by molar-refractivity contribution is -0.182. The smallest absolute Gasteiger partial charge is 0.395 e. The molecule has 1 aromatic rings. The van der Waals surface area contributed by atoms with Gasteiger partial charge < -0.3 is 14.3 Å². The third-order valence-corrected chi connectivity index (χ3v) is 6.75. The van der Waals surface area contributed by atoms with Crippen LogP contribution in [0.3, 0.4) is 0 Å². The summed E-state index contributed by atoms with van der Waals surface area (Å²) >= 11 is 0. The molecule has 1 saturated heterocycles. The molecule has 1 radical (unpaired) electrons. The van der Waals surface area contributed by atoms with E-state index in [1.165, 1.54) is 0 Å². The number of amides is 2. The lowest BCUT2D eigenvalue weighted by Crippen LogP contribution is -2.72. The maximum absolute atomic E-state index is 13.3. The van der Waals surface area contributed by atoms with Crippen molar-refractivity contribution in [1.82, 2.24) is 4.90 Å². The van der Waals surface area contributed by atoms with Crippen LogP contribution < -0.4 is 4.74 Å². The Kier molecular flexibility index (Phi) is 6.38. The standard InChI is InChI=1S/C22H28NO7Si/c1-22(2,3)14(11-30-31(4)5)16-17(23(19(16)25)20(26)21(27)28)13-10-29-15-9-7-6-8-12(15)18(13)24/h6-9,13-14,16-17H,10-11H2,1-5H3,(H,27,28)/t13-,14+,16-,17+/m0/s1. The lowest BCUT2D eigenvalue weighted by atomic mass is 9.63. The summed E-state index contributed by atoms with van der Waals surface area (Å²) in [5, 5.41) is 9.26. The van der Waals surface area contributed by atoms with Crippen LogP contribution in [-0.2, 0) is 18.8 Å². The number of nitrogens with zero attached hydrogens (tertiary/aromatic N) is 1. The number of carbonyl (C=O) groups excluding carboxylic acids is 3. The van der Waals surface area contributed by atoms with Gasteiger partial charge in [-0.3, -0.25) is 19.3 Å². The number of para-hydroxylation sites is 1. The van der Waals surface area contributed by atoms with Gasteiger partial charge in [-0.25, -0.2) is 4.79 Å². The van der Waals surface area contributed by atoms with Crippen LogP contribution in [-0.4, -0.2) is 61.9 Å². The summed E-state index contributed by atoms with van der Waals surface area (Å²) in [6, 6.07) is 5.89. The van der Waals surface area contributed by atoms with Crippen molar-refractivity contribution in [3.8, 4) is 5.75 Å². The summed E-state index contributed by atoms with van der Waals surface area (Å²) in [5.74, 6) is -5.27. The van der Waals surface area contributed by atoms with Crippen molar-refractivity contribution in [1.29, 1.82) is 0 Å². The first-order chi connectivity index (χ1) is 14.4. The van der Waals surface area contributed by atoms with Crippen LogP contribution in [0.15, 0.2) is 24.3 Å². The molecule has 2 aliphatic heterocycles. The second-order valence-corrected chi connectivity index (χ2v) is 11.4. The molecule has 1 N–H and O–H groups in total. The third kappa shape index (κ3) is 4.29. The van der Waals surface area contributed by atoms with Crippen molar-refractivity contribution < 1.29 is 33.4 Å². The Hall–Kier alpha value is -2.52. The fourth-order valence-electron chi connectivity index (χ4n) is 4.36. The SMILES string of the molecule is C[Si](C)OC[C@H]([C@@H]1C(=O)N(C(=O)C(=O)O)[C@@H]1[C@@H]1COc2ccccc2C1=O)C(C)(C)C. The normalized spacial score (nSPS) is 24.3. The highest BCUT2D eigenvalue weighted by Gasteiger charge is 2.61. The summed E-state index contributed by atoms with van der Waals surface area (Å²) in [6.45, 7) is 10.2. The number of aliphatic carboxylic acids is 1. The molecule has 0 bridgehead atoms. The van der Waals surface area contributed by atoms with E-state index in [0.29, 0.717) is 17.9 Å².